The molecule has 0 amide bonds. The van der Waals surface area contributed by atoms with Crippen LogP contribution in [-0.2, 0) is 14.3 Å². The number of non-ortho nitro benzene ring substituents is 1. The molecule has 238 valence electrons. The molecule has 0 aromatic heterocycles. The van der Waals surface area contributed by atoms with Gasteiger partial charge in [-0.1, -0.05) is 58.9 Å². The van der Waals surface area contributed by atoms with E-state index in [0.717, 1.165) is 56.9 Å². The van der Waals surface area contributed by atoms with Crippen molar-refractivity contribution in [3.05, 3.63) is 57.7 Å². The number of nitrogens with zero attached hydrogens (tertiary/aromatic N) is 1. The highest BCUT2D eigenvalue weighted by atomic mass is 16.6. The first-order chi connectivity index (χ1) is 20.6. The van der Waals surface area contributed by atoms with Crippen molar-refractivity contribution in [2.24, 2.45) is 56.7 Å². The van der Waals surface area contributed by atoms with Crippen LogP contribution < -0.4 is 0 Å². The molecule has 44 heavy (non-hydrogen) atoms. The van der Waals surface area contributed by atoms with E-state index in [4.69, 9.17) is 4.74 Å². The largest absolute Gasteiger partial charge is 0.469 e. The number of methoxy groups -OCH3 is 1. The molecule has 5 saturated carbocycles. The molecule has 0 heterocycles. The van der Waals surface area contributed by atoms with Crippen molar-refractivity contribution >= 4 is 23.5 Å². The summed E-state index contributed by atoms with van der Waals surface area (Å²) in [5.41, 5.74) is 1.91. The molecule has 0 bridgehead atoms. The Morgan fingerprint density at radius 1 is 1.00 bits per heavy atom. The standard InChI is InChI=1S/C38H51NO5/c1-23(2)27-14-17-38(33(41)44-8)19-18-36(6)28(31(27)38)12-13-30-35(5)22-25(20-24-10-9-11-26(21-24)39(42)43)32(40)34(3,4)29(35)15-16-37(30,36)7/h9-11,20-21,27-31H,1,12-19,22H2,2-8H3/t27-,28+,29?,30+,31?,35-,36+,37+,38-/m0/s1. The first kappa shape index (κ1) is 31.2. The van der Waals surface area contributed by atoms with Gasteiger partial charge in [0, 0.05) is 17.5 Å². The smallest absolute Gasteiger partial charge is 0.312 e. The molecule has 9 atom stereocenters. The van der Waals surface area contributed by atoms with Gasteiger partial charge >= 0.3 is 5.97 Å². The predicted octanol–water partition coefficient (Wildman–Crippen LogP) is 8.99. The average molecular weight is 602 g/mol. The monoisotopic (exact) mass is 601 g/mol. The predicted molar refractivity (Wildman–Crippen MR) is 172 cm³/mol. The molecule has 2 unspecified atom stereocenters. The molecule has 0 saturated heterocycles. The fraction of sp³-hybridized carbons (Fsp3) is 0.684. The molecule has 0 aliphatic heterocycles. The van der Waals surface area contributed by atoms with Crippen LogP contribution in [0.5, 0.6) is 0 Å². The van der Waals surface area contributed by atoms with E-state index in [9.17, 15) is 19.7 Å². The van der Waals surface area contributed by atoms with Gasteiger partial charge in [0.15, 0.2) is 5.78 Å². The lowest BCUT2D eigenvalue weighted by Gasteiger charge is -2.72. The summed E-state index contributed by atoms with van der Waals surface area (Å²) in [5, 5.41) is 11.5. The minimum Gasteiger partial charge on any atom is -0.469 e. The summed E-state index contributed by atoms with van der Waals surface area (Å²) in [5.74, 6) is 1.93. The summed E-state index contributed by atoms with van der Waals surface area (Å²) in [6, 6.07) is 6.64. The lowest BCUT2D eigenvalue weighted by molar-refractivity contribution is -0.384. The Balaban J connectivity index is 1.41. The van der Waals surface area contributed by atoms with Gasteiger partial charge in [-0.25, -0.2) is 0 Å². The summed E-state index contributed by atoms with van der Waals surface area (Å²) >= 11 is 0. The Morgan fingerprint density at radius 2 is 1.73 bits per heavy atom. The molecule has 1 aromatic rings. The lowest BCUT2D eigenvalue weighted by atomic mass is 9.32. The summed E-state index contributed by atoms with van der Waals surface area (Å²) in [6.45, 7) is 18.4. The number of nitro benzene ring substituents is 1. The summed E-state index contributed by atoms with van der Waals surface area (Å²) in [7, 11) is 1.56. The number of carbonyl (C=O) groups is 2. The van der Waals surface area contributed by atoms with Gasteiger partial charge in [0.1, 0.15) is 0 Å². The van der Waals surface area contributed by atoms with E-state index in [2.05, 4.69) is 48.1 Å². The number of Topliss-reactive ketones (excluding diaryl/α,β-unsaturated/α-hetero) is 1. The molecule has 6 rings (SSSR count). The number of fused-ring (bicyclic) bond motifs is 7. The molecule has 6 heteroatoms. The number of carbonyl (C=O) groups excluding carboxylic acids is 2. The van der Waals surface area contributed by atoms with Gasteiger partial charge in [-0.15, -0.1) is 0 Å². The molecule has 0 N–H and O–H groups in total. The minimum atomic E-state index is -0.512. The highest BCUT2D eigenvalue weighted by Gasteiger charge is 2.72. The van der Waals surface area contributed by atoms with E-state index < -0.39 is 10.8 Å². The first-order valence-corrected chi connectivity index (χ1v) is 16.8. The number of ether oxygens (including phenoxy) is 1. The first-order valence-electron chi connectivity index (χ1n) is 16.8. The van der Waals surface area contributed by atoms with Gasteiger partial charge in [0.05, 0.1) is 17.4 Å². The highest BCUT2D eigenvalue weighted by molar-refractivity contribution is 6.04. The zero-order valence-corrected chi connectivity index (χ0v) is 27.8. The van der Waals surface area contributed by atoms with Gasteiger partial charge in [0.2, 0.25) is 0 Å². The molecule has 5 fully saturated rings. The highest BCUT2D eigenvalue weighted by Crippen LogP contribution is 2.77. The van der Waals surface area contributed by atoms with Crippen molar-refractivity contribution in [3.8, 4) is 0 Å². The van der Waals surface area contributed by atoms with E-state index in [1.54, 1.807) is 19.2 Å². The second-order valence-corrected chi connectivity index (χ2v) is 16.6. The van der Waals surface area contributed by atoms with Crippen LogP contribution in [0.15, 0.2) is 42.0 Å². The van der Waals surface area contributed by atoms with E-state index in [1.165, 1.54) is 11.6 Å². The summed E-state index contributed by atoms with van der Waals surface area (Å²) in [4.78, 5) is 38.7. The zero-order chi connectivity index (χ0) is 32.0. The second kappa shape index (κ2) is 10.1. The number of hydrogen-bond donors (Lipinski definition) is 0. The SMILES string of the molecule is C=C(C)[C@@H]1CC[C@]2(C(=O)OC)CC[C@]3(C)[C@H](CC[C@@H]4[C@@]5(C)CC(=Cc6cccc([N+](=O)[O-])c6)C(=O)C(C)(C)C5CC[C@]43C)C12. The Morgan fingerprint density at radius 3 is 2.39 bits per heavy atom. The molecule has 0 spiro atoms. The maximum Gasteiger partial charge on any atom is 0.312 e. The van der Waals surface area contributed by atoms with Crippen molar-refractivity contribution in [1.82, 2.24) is 0 Å². The third kappa shape index (κ3) is 4.04. The van der Waals surface area contributed by atoms with Gasteiger partial charge in [-0.05, 0) is 128 Å². The molecular formula is C38H51NO5. The van der Waals surface area contributed by atoms with Crippen molar-refractivity contribution < 1.29 is 19.2 Å². The minimum absolute atomic E-state index is 0.0142. The third-order valence-electron chi connectivity index (χ3n) is 14.7. The fourth-order valence-corrected chi connectivity index (χ4v) is 12.6. The van der Waals surface area contributed by atoms with Crippen molar-refractivity contribution in [2.75, 3.05) is 7.11 Å². The van der Waals surface area contributed by atoms with Gasteiger partial charge in [-0.3, -0.25) is 19.7 Å². The topological polar surface area (TPSA) is 86.5 Å². The van der Waals surface area contributed by atoms with Crippen molar-refractivity contribution in [3.63, 3.8) is 0 Å². The van der Waals surface area contributed by atoms with Crippen LogP contribution in [0.25, 0.3) is 6.08 Å². The lowest BCUT2D eigenvalue weighted by Crippen LogP contribution is -2.67. The van der Waals surface area contributed by atoms with Gasteiger partial charge in [-0.2, -0.15) is 0 Å². The van der Waals surface area contributed by atoms with Crippen LogP contribution in [-0.4, -0.2) is 23.8 Å². The number of nitro groups is 1. The Bertz CT molecular complexity index is 1460. The van der Waals surface area contributed by atoms with E-state index in [0.29, 0.717) is 29.7 Å². The maximum atomic E-state index is 14.1. The molecule has 0 radical (unpaired) electrons. The molecule has 5 aliphatic carbocycles. The van der Waals surface area contributed by atoms with Crippen LogP contribution in [0.3, 0.4) is 0 Å². The van der Waals surface area contributed by atoms with Crippen LogP contribution >= 0.6 is 0 Å². The molecule has 6 nitrogen and oxygen atoms in total. The molecule has 1 aromatic carbocycles. The van der Waals surface area contributed by atoms with Crippen LogP contribution in [0, 0.1) is 66.8 Å². The van der Waals surface area contributed by atoms with Crippen LogP contribution in [0.2, 0.25) is 0 Å². The molecule has 5 aliphatic rings. The third-order valence-corrected chi connectivity index (χ3v) is 14.7. The number of benzene rings is 1. The average Bonchev–Trinajstić information content (AvgIpc) is 3.37. The zero-order valence-electron chi connectivity index (χ0n) is 27.8. The quantitative estimate of drug-likeness (QED) is 0.113. The molecular weight excluding hydrogens is 550 g/mol. The van der Waals surface area contributed by atoms with E-state index in [1.807, 2.05) is 12.1 Å². The van der Waals surface area contributed by atoms with E-state index >= 15 is 0 Å². The Kier molecular flexibility index (Phi) is 7.18. The number of rotatable bonds is 4. The van der Waals surface area contributed by atoms with Gasteiger partial charge < -0.3 is 4.74 Å². The normalized spacial score (nSPS) is 43.3. The number of hydrogen-bond acceptors (Lipinski definition) is 5. The number of esters is 1. The summed E-state index contributed by atoms with van der Waals surface area (Å²) in [6.07, 6.45) is 10.8. The fourth-order valence-electron chi connectivity index (χ4n) is 12.6. The number of allylic oxidation sites excluding steroid dienone is 2. The van der Waals surface area contributed by atoms with Crippen LogP contribution in [0.1, 0.15) is 105 Å². The Hall–Kier alpha value is -2.76. The van der Waals surface area contributed by atoms with Gasteiger partial charge in [0.25, 0.3) is 5.69 Å². The second-order valence-electron chi connectivity index (χ2n) is 16.6. The maximum absolute atomic E-state index is 14.1. The Labute approximate surface area is 263 Å². The van der Waals surface area contributed by atoms with Crippen molar-refractivity contribution in [1.29, 1.82) is 0 Å². The van der Waals surface area contributed by atoms with Crippen LogP contribution in [0.4, 0.5) is 5.69 Å². The summed E-state index contributed by atoms with van der Waals surface area (Å²) < 4.78 is 5.52. The number of ketones is 1. The van der Waals surface area contributed by atoms with Crippen molar-refractivity contribution in [2.45, 2.75) is 99.3 Å². The van der Waals surface area contributed by atoms with E-state index in [-0.39, 0.29) is 50.4 Å².